The predicted molar refractivity (Wildman–Crippen MR) is 63.5 cm³/mol. The van der Waals surface area contributed by atoms with Crippen molar-refractivity contribution >= 4 is 40.0 Å². The topological polar surface area (TPSA) is 63.6 Å². The number of hydrogen-bond acceptors (Lipinski definition) is 3. The molecule has 4 nitrogen and oxygen atoms in total. The molecule has 0 amide bonds. The number of rotatable bonds is 3. The third kappa shape index (κ3) is 5.47. The van der Waals surface area contributed by atoms with Crippen LogP contribution in [0.3, 0.4) is 0 Å². The molecule has 0 saturated heterocycles. The van der Waals surface area contributed by atoms with Crippen LogP contribution in [0.15, 0.2) is 0 Å². The smallest absolute Gasteiger partial charge is 0.264 e. The molecule has 0 aromatic rings. The molecular formula is C10H20NaO4S. The average molecular weight is 259 g/mol. The summed E-state index contributed by atoms with van der Waals surface area (Å²) in [4.78, 5) is 0. The molecule has 0 bridgehead atoms. The molecule has 0 aliphatic heterocycles. The molecule has 1 radical (unpaired) electrons. The second kappa shape index (κ2) is 6.71. The summed E-state index contributed by atoms with van der Waals surface area (Å²) in [6.07, 6.45) is 2.43. The molecule has 0 aromatic heterocycles. The molecule has 1 rings (SSSR count). The van der Waals surface area contributed by atoms with E-state index < -0.39 is 10.4 Å². The molecule has 0 spiro atoms. The van der Waals surface area contributed by atoms with Gasteiger partial charge in [-0.05, 0) is 30.6 Å². The summed E-state index contributed by atoms with van der Waals surface area (Å²) in [6, 6.07) is 0. The molecule has 91 valence electrons. The van der Waals surface area contributed by atoms with Gasteiger partial charge in [0, 0.05) is 29.6 Å². The maximum absolute atomic E-state index is 10.7. The zero-order valence-electron chi connectivity index (χ0n) is 10.5. The van der Waals surface area contributed by atoms with E-state index in [1.807, 2.05) is 0 Å². The van der Waals surface area contributed by atoms with Crippen molar-refractivity contribution in [3.63, 3.8) is 0 Å². The first-order valence-electron chi connectivity index (χ1n) is 5.45. The van der Waals surface area contributed by atoms with E-state index in [1.54, 1.807) is 0 Å². The van der Waals surface area contributed by atoms with Crippen LogP contribution in [-0.2, 0) is 14.6 Å². The first kappa shape index (κ1) is 16.9. The minimum Gasteiger partial charge on any atom is -0.264 e. The molecule has 1 aliphatic rings. The molecule has 1 saturated carbocycles. The van der Waals surface area contributed by atoms with Crippen molar-refractivity contribution in [2.24, 2.45) is 17.8 Å². The monoisotopic (exact) mass is 259 g/mol. The molecule has 1 fully saturated rings. The van der Waals surface area contributed by atoms with Crippen molar-refractivity contribution in [2.75, 3.05) is 0 Å². The van der Waals surface area contributed by atoms with Gasteiger partial charge in [0.1, 0.15) is 0 Å². The largest absolute Gasteiger partial charge is 0.397 e. The Morgan fingerprint density at radius 1 is 1.31 bits per heavy atom. The van der Waals surface area contributed by atoms with Gasteiger partial charge in [0.05, 0.1) is 6.10 Å². The van der Waals surface area contributed by atoms with Gasteiger partial charge in [-0.1, -0.05) is 27.2 Å². The molecule has 6 heteroatoms. The van der Waals surface area contributed by atoms with E-state index in [0.717, 1.165) is 12.8 Å². The molecular weight excluding hydrogens is 239 g/mol. The van der Waals surface area contributed by atoms with Gasteiger partial charge in [0.25, 0.3) is 0 Å². The van der Waals surface area contributed by atoms with Crippen molar-refractivity contribution in [2.45, 2.75) is 46.1 Å². The molecule has 0 heterocycles. The quantitative estimate of drug-likeness (QED) is 0.621. The fourth-order valence-corrected chi connectivity index (χ4v) is 2.92. The Morgan fingerprint density at radius 3 is 2.31 bits per heavy atom. The fourth-order valence-electron chi connectivity index (χ4n) is 2.38. The van der Waals surface area contributed by atoms with Crippen LogP contribution in [-0.4, -0.2) is 48.6 Å². The molecule has 16 heavy (non-hydrogen) atoms. The Balaban J connectivity index is 0.00000225. The molecule has 1 aliphatic carbocycles. The van der Waals surface area contributed by atoms with Crippen LogP contribution in [0.1, 0.15) is 40.0 Å². The van der Waals surface area contributed by atoms with Crippen LogP contribution in [0.4, 0.5) is 0 Å². The van der Waals surface area contributed by atoms with Crippen LogP contribution in [0.25, 0.3) is 0 Å². The summed E-state index contributed by atoms with van der Waals surface area (Å²) >= 11 is 0. The van der Waals surface area contributed by atoms with Gasteiger partial charge < -0.3 is 0 Å². The van der Waals surface area contributed by atoms with E-state index in [-0.39, 0.29) is 41.6 Å². The van der Waals surface area contributed by atoms with Crippen molar-refractivity contribution in [1.82, 2.24) is 0 Å². The van der Waals surface area contributed by atoms with Crippen molar-refractivity contribution in [3.8, 4) is 0 Å². The molecule has 0 unspecified atom stereocenters. The van der Waals surface area contributed by atoms with Crippen LogP contribution in [0, 0.1) is 17.8 Å². The van der Waals surface area contributed by atoms with Crippen LogP contribution < -0.4 is 0 Å². The summed E-state index contributed by atoms with van der Waals surface area (Å²) in [5, 5.41) is 0. The van der Waals surface area contributed by atoms with Crippen LogP contribution in [0.5, 0.6) is 0 Å². The Bertz CT molecular complexity index is 302. The first-order chi connectivity index (χ1) is 6.79. The SMILES string of the molecule is CC(C)[C@@H]1CC[C@@H](C)C[C@H]1OS(=O)(=O)O.[Na]. The molecule has 0 aromatic carbocycles. The van der Waals surface area contributed by atoms with Crippen molar-refractivity contribution < 1.29 is 17.2 Å². The third-order valence-corrected chi connectivity index (χ3v) is 3.70. The Kier molecular flexibility index (Phi) is 7.07. The van der Waals surface area contributed by atoms with Gasteiger partial charge in [-0.25, -0.2) is 4.18 Å². The summed E-state index contributed by atoms with van der Waals surface area (Å²) in [5.41, 5.74) is 0. The van der Waals surface area contributed by atoms with E-state index in [2.05, 4.69) is 20.8 Å². The van der Waals surface area contributed by atoms with E-state index in [4.69, 9.17) is 8.74 Å². The molecule has 3 atom stereocenters. The summed E-state index contributed by atoms with van der Waals surface area (Å²) < 4.78 is 34.9. The second-order valence-corrected chi connectivity index (χ2v) is 5.94. The maximum Gasteiger partial charge on any atom is 0.397 e. The van der Waals surface area contributed by atoms with Gasteiger partial charge >= 0.3 is 10.4 Å². The number of hydrogen-bond donors (Lipinski definition) is 1. The van der Waals surface area contributed by atoms with Gasteiger partial charge in [-0.3, -0.25) is 4.55 Å². The summed E-state index contributed by atoms with van der Waals surface area (Å²) in [5.74, 6) is 1.07. The normalized spacial score (nSPS) is 31.2. The van der Waals surface area contributed by atoms with E-state index in [9.17, 15) is 8.42 Å². The second-order valence-electron chi connectivity index (χ2n) is 4.89. The first-order valence-corrected chi connectivity index (χ1v) is 6.82. The van der Waals surface area contributed by atoms with Crippen LogP contribution >= 0.6 is 0 Å². The van der Waals surface area contributed by atoms with Gasteiger partial charge in [0.15, 0.2) is 0 Å². The Hall–Kier alpha value is 0.870. The van der Waals surface area contributed by atoms with Crippen LogP contribution in [0.2, 0.25) is 0 Å². The van der Waals surface area contributed by atoms with Gasteiger partial charge in [-0.2, -0.15) is 8.42 Å². The third-order valence-electron chi connectivity index (χ3n) is 3.21. The minimum atomic E-state index is -4.31. The zero-order valence-corrected chi connectivity index (χ0v) is 13.3. The average Bonchev–Trinajstić information content (AvgIpc) is 1.99. The van der Waals surface area contributed by atoms with Crippen molar-refractivity contribution in [1.29, 1.82) is 0 Å². The molecule has 1 N–H and O–H groups in total. The standard InChI is InChI=1S/C10H20O4S.Na/c1-7(2)9-5-4-8(3)6-10(9)14-15(11,12)13;/h7-10H,4-6H2,1-3H3,(H,11,12,13);/t8-,9+,10-;/m1./s1. The predicted octanol–water partition coefficient (Wildman–Crippen LogP) is 1.89. The van der Waals surface area contributed by atoms with Gasteiger partial charge in [-0.15, -0.1) is 0 Å². The zero-order chi connectivity index (χ0) is 11.6. The fraction of sp³-hybridized carbons (Fsp3) is 1.00. The van der Waals surface area contributed by atoms with E-state index in [1.165, 1.54) is 0 Å². The Morgan fingerprint density at radius 2 is 1.88 bits per heavy atom. The maximum atomic E-state index is 10.7. The summed E-state index contributed by atoms with van der Waals surface area (Å²) in [6.45, 7) is 6.19. The minimum absolute atomic E-state index is 0. The Labute approximate surface area is 120 Å². The van der Waals surface area contributed by atoms with E-state index in [0.29, 0.717) is 18.3 Å². The van der Waals surface area contributed by atoms with Gasteiger partial charge in [0.2, 0.25) is 0 Å². The summed E-state index contributed by atoms with van der Waals surface area (Å²) in [7, 11) is -4.31. The van der Waals surface area contributed by atoms with E-state index >= 15 is 0 Å². The van der Waals surface area contributed by atoms with Crippen molar-refractivity contribution in [3.05, 3.63) is 0 Å².